The fourth-order valence-corrected chi connectivity index (χ4v) is 1.68. The summed E-state index contributed by atoms with van der Waals surface area (Å²) in [7, 11) is 0. The van der Waals surface area contributed by atoms with Crippen LogP contribution in [0.15, 0.2) is 0 Å². The predicted molar refractivity (Wildman–Crippen MR) is 74.3 cm³/mol. The minimum Gasteiger partial charge on any atom is -0.304 e. The lowest BCUT2D eigenvalue weighted by Crippen LogP contribution is -1.89. The fraction of sp³-hybridized carbons (Fsp3) is 0.867. The third kappa shape index (κ3) is 25.5. The van der Waals surface area contributed by atoms with Crippen molar-refractivity contribution < 1.29 is 9.59 Å². The lowest BCUT2D eigenvalue weighted by molar-refractivity contribution is -0.117. The lowest BCUT2D eigenvalue weighted by atomic mass is 10.1. The maximum Gasteiger partial charge on any atom is 0.129 e. The smallest absolute Gasteiger partial charge is 0.129 e. The Kier molecular flexibility index (Phi) is 19.5. The van der Waals surface area contributed by atoms with Gasteiger partial charge in [-0.1, -0.05) is 58.3 Å². The zero-order valence-electron chi connectivity index (χ0n) is 12.0. The van der Waals surface area contributed by atoms with Crippen molar-refractivity contribution in [2.75, 3.05) is 0 Å². The van der Waals surface area contributed by atoms with E-state index < -0.39 is 0 Å². The maximum atomic E-state index is 10.7. The number of ketones is 1. The molecule has 0 spiro atoms. The quantitative estimate of drug-likeness (QED) is 0.411. The number of rotatable bonds is 10. The molecular formula is C15H30O2. The van der Waals surface area contributed by atoms with Crippen molar-refractivity contribution in [3.63, 3.8) is 0 Å². The van der Waals surface area contributed by atoms with Crippen LogP contribution in [0, 0.1) is 0 Å². The van der Waals surface area contributed by atoms with Crippen molar-refractivity contribution in [3.05, 3.63) is 0 Å². The van der Waals surface area contributed by atoms with E-state index in [9.17, 15) is 4.79 Å². The highest BCUT2D eigenvalue weighted by Gasteiger charge is 1.94. The van der Waals surface area contributed by atoms with Gasteiger partial charge in [-0.2, -0.15) is 0 Å². The SMILES string of the molecule is CC=O.CCCCCCCCCCCC(C)=O. The Labute approximate surface area is 107 Å². The first kappa shape index (κ1) is 18.7. The Hall–Kier alpha value is -0.660. The number of hydrogen-bond donors (Lipinski definition) is 0. The molecular weight excluding hydrogens is 212 g/mol. The second-order valence-corrected chi connectivity index (χ2v) is 4.52. The van der Waals surface area contributed by atoms with E-state index in [0.717, 1.165) is 19.1 Å². The Morgan fingerprint density at radius 1 is 0.882 bits per heavy atom. The summed E-state index contributed by atoms with van der Waals surface area (Å²) in [5.41, 5.74) is 0. The number of carbonyl (C=O) groups excluding carboxylic acids is 2. The van der Waals surface area contributed by atoms with Gasteiger partial charge in [0.25, 0.3) is 0 Å². The molecule has 0 aliphatic heterocycles. The van der Waals surface area contributed by atoms with Crippen LogP contribution in [0.25, 0.3) is 0 Å². The zero-order chi connectivity index (χ0) is 13.4. The van der Waals surface area contributed by atoms with Crippen LogP contribution in [-0.2, 0) is 9.59 Å². The summed E-state index contributed by atoms with van der Waals surface area (Å²) in [5, 5.41) is 0. The largest absolute Gasteiger partial charge is 0.304 e. The first-order chi connectivity index (χ1) is 8.18. The van der Waals surface area contributed by atoms with Gasteiger partial charge >= 0.3 is 0 Å². The van der Waals surface area contributed by atoms with Gasteiger partial charge in [-0.15, -0.1) is 0 Å². The zero-order valence-corrected chi connectivity index (χ0v) is 12.0. The molecule has 0 saturated carbocycles. The summed E-state index contributed by atoms with van der Waals surface area (Å²) in [6, 6.07) is 0. The van der Waals surface area contributed by atoms with E-state index in [0.29, 0.717) is 5.78 Å². The van der Waals surface area contributed by atoms with Gasteiger partial charge in [-0.05, 0) is 20.3 Å². The normalized spacial score (nSPS) is 9.35. The van der Waals surface area contributed by atoms with Gasteiger partial charge in [0.2, 0.25) is 0 Å². The van der Waals surface area contributed by atoms with Crippen molar-refractivity contribution in [2.24, 2.45) is 0 Å². The summed E-state index contributed by atoms with van der Waals surface area (Å²) in [4.78, 5) is 19.5. The van der Waals surface area contributed by atoms with Gasteiger partial charge in [0, 0.05) is 6.42 Å². The molecule has 102 valence electrons. The summed E-state index contributed by atoms with van der Waals surface area (Å²) in [5.74, 6) is 0.341. The average Bonchev–Trinajstić information content (AvgIpc) is 2.27. The van der Waals surface area contributed by atoms with Crippen LogP contribution in [0.4, 0.5) is 0 Å². The van der Waals surface area contributed by atoms with E-state index in [2.05, 4.69) is 6.92 Å². The average molecular weight is 242 g/mol. The number of aldehydes is 1. The summed E-state index contributed by atoms with van der Waals surface area (Å²) in [6.07, 6.45) is 13.5. The molecule has 0 unspecified atom stereocenters. The molecule has 0 amide bonds. The third-order valence-corrected chi connectivity index (χ3v) is 2.63. The molecule has 2 heteroatoms. The van der Waals surface area contributed by atoms with E-state index in [4.69, 9.17) is 4.79 Å². The van der Waals surface area contributed by atoms with E-state index in [1.165, 1.54) is 58.3 Å². The molecule has 0 aromatic heterocycles. The topological polar surface area (TPSA) is 34.1 Å². The summed E-state index contributed by atoms with van der Waals surface area (Å²) >= 11 is 0. The van der Waals surface area contributed by atoms with Crippen molar-refractivity contribution in [1.29, 1.82) is 0 Å². The highest BCUT2D eigenvalue weighted by molar-refractivity contribution is 5.75. The second-order valence-electron chi connectivity index (χ2n) is 4.52. The number of carbonyl (C=O) groups is 2. The molecule has 0 aromatic carbocycles. The standard InChI is InChI=1S/C13H26O.C2H4O/c1-3-4-5-6-7-8-9-10-11-12-13(2)14;1-2-3/h3-12H2,1-2H3;2H,1H3. The van der Waals surface area contributed by atoms with Crippen LogP contribution in [0.2, 0.25) is 0 Å². The maximum absolute atomic E-state index is 10.7. The van der Waals surface area contributed by atoms with Crippen LogP contribution in [0.3, 0.4) is 0 Å². The van der Waals surface area contributed by atoms with E-state index in [-0.39, 0.29) is 0 Å². The summed E-state index contributed by atoms with van der Waals surface area (Å²) in [6.45, 7) is 5.38. The number of hydrogen-bond acceptors (Lipinski definition) is 2. The van der Waals surface area contributed by atoms with Gasteiger partial charge in [0.15, 0.2) is 0 Å². The van der Waals surface area contributed by atoms with Gasteiger partial charge in [-0.3, -0.25) is 0 Å². The minimum atomic E-state index is 0.341. The van der Waals surface area contributed by atoms with Crippen LogP contribution in [0.1, 0.15) is 85.0 Å². The van der Waals surface area contributed by atoms with Crippen LogP contribution in [-0.4, -0.2) is 12.1 Å². The Morgan fingerprint density at radius 3 is 1.59 bits per heavy atom. The van der Waals surface area contributed by atoms with Crippen LogP contribution < -0.4 is 0 Å². The lowest BCUT2D eigenvalue weighted by Gasteiger charge is -2.00. The van der Waals surface area contributed by atoms with E-state index in [1.54, 1.807) is 6.92 Å². The summed E-state index contributed by atoms with van der Waals surface area (Å²) < 4.78 is 0. The molecule has 0 bridgehead atoms. The third-order valence-electron chi connectivity index (χ3n) is 2.63. The molecule has 0 aromatic rings. The van der Waals surface area contributed by atoms with Crippen LogP contribution in [0.5, 0.6) is 0 Å². The molecule has 0 saturated heterocycles. The fourth-order valence-electron chi connectivity index (χ4n) is 1.68. The Morgan fingerprint density at radius 2 is 1.24 bits per heavy atom. The molecule has 0 radical (unpaired) electrons. The van der Waals surface area contributed by atoms with Gasteiger partial charge in [0.1, 0.15) is 12.1 Å². The molecule has 0 fully saturated rings. The van der Waals surface area contributed by atoms with Crippen molar-refractivity contribution in [2.45, 2.75) is 85.0 Å². The number of Topliss-reactive ketones (excluding diaryl/α,β-unsaturated/α-hetero) is 1. The monoisotopic (exact) mass is 242 g/mol. The molecule has 0 heterocycles. The Bertz CT molecular complexity index is 164. The molecule has 0 aliphatic rings. The van der Waals surface area contributed by atoms with Gasteiger partial charge < -0.3 is 9.59 Å². The molecule has 2 nitrogen and oxygen atoms in total. The molecule has 0 aliphatic carbocycles. The van der Waals surface area contributed by atoms with Crippen molar-refractivity contribution in [1.82, 2.24) is 0 Å². The predicted octanol–water partition coefficient (Wildman–Crippen LogP) is 4.70. The highest BCUT2D eigenvalue weighted by atomic mass is 16.1. The number of unbranched alkanes of at least 4 members (excludes halogenated alkanes) is 8. The minimum absolute atomic E-state index is 0.341. The van der Waals surface area contributed by atoms with E-state index in [1.807, 2.05) is 0 Å². The highest BCUT2D eigenvalue weighted by Crippen LogP contribution is 2.10. The van der Waals surface area contributed by atoms with E-state index >= 15 is 0 Å². The first-order valence-corrected chi connectivity index (χ1v) is 7.08. The molecule has 0 N–H and O–H groups in total. The molecule has 17 heavy (non-hydrogen) atoms. The van der Waals surface area contributed by atoms with Crippen LogP contribution >= 0.6 is 0 Å². The second kappa shape index (κ2) is 17.7. The Balaban J connectivity index is 0. The van der Waals surface area contributed by atoms with Gasteiger partial charge in [-0.25, -0.2) is 0 Å². The first-order valence-electron chi connectivity index (χ1n) is 7.08. The van der Waals surface area contributed by atoms with Crippen molar-refractivity contribution >= 4 is 12.1 Å². The van der Waals surface area contributed by atoms with Crippen molar-refractivity contribution in [3.8, 4) is 0 Å². The molecule has 0 rings (SSSR count). The molecule has 0 atom stereocenters. The van der Waals surface area contributed by atoms with Gasteiger partial charge in [0.05, 0.1) is 0 Å².